The number of ether oxygens (including phenoxy) is 1. The molecule has 126 valence electrons. The average Bonchev–Trinajstić information content (AvgIpc) is 3.13. The number of esters is 1. The van der Waals surface area contributed by atoms with Crippen LogP contribution in [-0.2, 0) is 14.3 Å². The van der Waals surface area contributed by atoms with Crippen LogP contribution in [0.4, 0.5) is 5.69 Å². The molecule has 0 aliphatic heterocycles. The van der Waals surface area contributed by atoms with Gasteiger partial charge in [-0.15, -0.1) is 0 Å². The molecule has 0 fully saturated rings. The Labute approximate surface area is 149 Å². The highest BCUT2D eigenvalue weighted by molar-refractivity contribution is 7.08. The summed E-state index contributed by atoms with van der Waals surface area (Å²) >= 11 is 1.54. The summed E-state index contributed by atoms with van der Waals surface area (Å²) in [6.07, 6.45) is 2.10. The molecule has 5 heteroatoms. The van der Waals surface area contributed by atoms with Gasteiger partial charge in [0.2, 0.25) is 0 Å². The van der Waals surface area contributed by atoms with Crippen LogP contribution < -0.4 is 5.32 Å². The lowest BCUT2D eigenvalue weighted by Gasteiger charge is -2.12. The second-order valence-corrected chi connectivity index (χ2v) is 6.30. The van der Waals surface area contributed by atoms with Crippen molar-refractivity contribution in [1.29, 1.82) is 0 Å². The summed E-state index contributed by atoms with van der Waals surface area (Å²) in [6, 6.07) is 15.4. The molecule has 1 amide bonds. The number of rotatable bonds is 5. The molecule has 0 aliphatic carbocycles. The van der Waals surface area contributed by atoms with Gasteiger partial charge in [0, 0.05) is 11.8 Å². The lowest BCUT2D eigenvalue weighted by molar-refractivity contribution is -0.148. The van der Waals surface area contributed by atoms with Gasteiger partial charge >= 0.3 is 5.97 Å². The lowest BCUT2D eigenvalue weighted by Crippen LogP contribution is -2.29. The molecule has 3 rings (SSSR count). The topological polar surface area (TPSA) is 55.4 Å². The van der Waals surface area contributed by atoms with Crippen molar-refractivity contribution < 1.29 is 14.3 Å². The van der Waals surface area contributed by atoms with E-state index in [1.54, 1.807) is 24.3 Å². The lowest BCUT2D eigenvalue weighted by atomic mass is 10.1. The van der Waals surface area contributed by atoms with E-state index in [0.717, 1.165) is 16.3 Å². The van der Waals surface area contributed by atoms with Crippen LogP contribution in [0.5, 0.6) is 0 Å². The highest BCUT2D eigenvalue weighted by Crippen LogP contribution is 2.19. The first-order chi connectivity index (χ1) is 12.1. The number of carbonyl (C=O) groups is 2. The Morgan fingerprint density at radius 1 is 1.12 bits per heavy atom. The zero-order valence-corrected chi connectivity index (χ0v) is 14.5. The third kappa shape index (κ3) is 4.55. The Bertz CT molecular complexity index is 916. The van der Waals surface area contributed by atoms with E-state index in [-0.39, 0.29) is 5.91 Å². The third-order valence-corrected chi connectivity index (χ3v) is 4.34. The number of hydrogen-bond donors (Lipinski definition) is 1. The number of thiophene rings is 1. The fourth-order valence-corrected chi connectivity index (χ4v) is 2.94. The minimum atomic E-state index is -0.883. The van der Waals surface area contributed by atoms with E-state index in [9.17, 15) is 9.59 Å². The summed E-state index contributed by atoms with van der Waals surface area (Å²) in [5, 5.41) is 8.73. The number of fused-ring (bicyclic) bond motifs is 1. The van der Waals surface area contributed by atoms with Gasteiger partial charge in [-0.3, -0.25) is 4.79 Å². The number of anilines is 1. The van der Waals surface area contributed by atoms with Gasteiger partial charge in [-0.2, -0.15) is 11.3 Å². The summed E-state index contributed by atoms with van der Waals surface area (Å²) in [4.78, 5) is 24.0. The van der Waals surface area contributed by atoms with Crippen LogP contribution in [0.1, 0.15) is 12.5 Å². The summed E-state index contributed by atoms with van der Waals surface area (Å²) in [6.45, 7) is 1.55. The van der Waals surface area contributed by atoms with Gasteiger partial charge in [0.25, 0.3) is 5.91 Å². The van der Waals surface area contributed by atoms with Crippen LogP contribution >= 0.6 is 11.3 Å². The number of carbonyl (C=O) groups excluding carboxylic acids is 2. The quantitative estimate of drug-likeness (QED) is 0.544. The van der Waals surface area contributed by atoms with E-state index in [4.69, 9.17) is 4.74 Å². The van der Waals surface area contributed by atoms with Crippen molar-refractivity contribution in [2.75, 3.05) is 5.32 Å². The summed E-state index contributed by atoms with van der Waals surface area (Å²) in [7, 11) is 0. The molecule has 0 spiro atoms. The van der Waals surface area contributed by atoms with E-state index in [2.05, 4.69) is 5.32 Å². The van der Waals surface area contributed by atoms with E-state index >= 15 is 0 Å². The minimum Gasteiger partial charge on any atom is -0.449 e. The number of nitrogens with one attached hydrogen (secondary N) is 1. The van der Waals surface area contributed by atoms with Gasteiger partial charge in [0.15, 0.2) is 6.10 Å². The third-order valence-electron chi connectivity index (χ3n) is 3.63. The van der Waals surface area contributed by atoms with Gasteiger partial charge in [-0.1, -0.05) is 30.3 Å². The molecule has 0 bridgehead atoms. The first-order valence-electron chi connectivity index (χ1n) is 7.82. The maximum absolute atomic E-state index is 12.2. The molecule has 0 radical (unpaired) electrons. The number of benzene rings is 2. The van der Waals surface area contributed by atoms with E-state index in [0.29, 0.717) is 5.69 Å². The predicted molar refractivity (Wildman–Crippen MR) is 101 cm³/mol. The van der Waals surface area contributed by atoms with E-state index in [1.807, 2.05) is 59.3 Å². The Morgan fingerprint density at radius 2 is 1.92 bits per heavy atom. The Morgan fingerprint density at radius 3 is 2.68 bits per heavy atom. The van der Waals surface area contributed by atoms with Crippen LogP contribution in [-0.4, -0.2) is 18.0 Å². The smallest absolute Gasteiger partial charge is 0.331 e. The Kier molecular flexibility index (Phi) is 5.26. The van der Waals surface area contributed by atoms with Crippen molar-refractivity contribution in [3.63, 3.8) is 0 Å². The molecule has 4 nitrogen and oxygen atoms in total. The second kappa shape index (κ2) is 7.77. The summed E-state index contributed by atoms with van der Waals surface area (Å²) < 4.78 is 5.14. The van der Waals surface area contributed by atoms with Crippen molar-refractivity contribution in [3.05, 3.63) is 70.9 Å². The molecule has 1 aromatic heterocycles. The van der Waals surface area contributed by atoms with Crippen molar-refractivity contribution in [3.8, 4) is 0 Å². The van der Waals surface area contributed by atoms with Gasteiger partial charge in [0.05, 0.1) is 0 Å². The van der Waals surface area contributed by atoms with Crippen molar-refractivity contribution >= 4 is 45.7 Å². The molecule has 0 unspecified atom stereocenters. The van der Waals surface area contributed by atoms with E-state index in [1.165, 1.54) is 6.08 Å². The Balaban J connectivity index is 1.58. The van der Waals surface area contributed by atoms with Crippen molar-refractivity contribution in [2.24, 2.45) is 0 Å². The molecule has 25 heavy (non-hydrogen) atoms. The molecule has 0 saturated heterocycles. The first kappa shape index (κ1) is 16.9. The van der Waals surface area contributed by atoms with Gasteiger partial charge < -0.3 is 10.1 Å². The molecule has 1 N–H and O–H groups in total. The van der Waals surface area contributed by atoms with E-state index < -0.39 is 12.1 Å². The average molecular weight is 351 g/mol. The SMILES string of the molecule is C[C@@H](OC(=O)/C=C/c1ccsc1)C(=O)Nc1ccc2ccccc2c1. The normalized spacial score (nSPS) is 12.2. The molecule has 3 aromatic rings. The molecular weight excluding hydrogens is 334 g/mol. The van der Waals surface area contributed by atoms with Crippen LogP contribution in [0.2, 0.25) is 0 Å². The predicted octanol–water partition coefficient (Wildman–Crippen LogP) is 4.48. The monoisotopic (exact) mass is 351 g/mol. The fourth-order valence-electron chi connectivity index (χ4n) is 2.31. The zero-order chi connectivity index (χ0) is 17.6. The van der Waals surface area contributed by atoms with Crippen molar-refractivity contribution in [1.82, 2.24) is 0 Å². The highest BCUT2D eigenvalue weighted by atomic mass is 32.1. The number of amides is 1. The van der Waals surface area contributed by atoms with Crippen LogP contribution in [0.25, 0.3) is 16.8 Å². The molecule has 1 atom stereocenters. The zero-order valence-electron chi connectivity index (χ0n) is 13.6. The van der Waals surface area contributed by atoms with Gasteiger partial charge in [0.1, 0.15) is 0 Å². The molecule has 0 aliphatic rings. The first-order valence-corrected chi connectivity index (χ1v) is 8.77. The van der Waals surface area contributed by atoms with Gasteiger partial charge in [-0.05, 0) is 58.3 Å². The molecular formula is C20H17NO3S. The Hall–Kier alpha value is -2.92. The highest BCUT2D eigenvalue weighted by Gasteiger charge is 2.16. The fraction of sp³-hybridized carbons (Fsp3) is 0.100. The summed E-state index contributed by atoms with van der Waals surface area (Å²) in [5.74, 6) is -0.917. The largest absolute Gasteiger partial charge is 0.449 e. The molecule has 1 heterocycles. The standard InChI is InChI=1S/C20H17NO3S/c1-14(24-19(22)9-6-15-10-11-25-13-15)20(23)21-18-8-7-16-4-2-3-5-17(16)12-18/h2-14H,1H3,(H,21,23)/b9-6+/t14-/m1/s1. The number of hydrogen-bond acceptors (Lipinski definition) is 4. The van der Waals surface area contributed by atoms with Crippen molar-refractivity contribution in [2.45, 2.75) is 13.0 Å². The molecule has 2 aromatic carbocycles. The summed E-state index contributed by atoms with van der Waals surface area (Å²) in [5.41, 5.74) is 1.59. The van der Waals surface area contributed by atoms with Crippen LogP contribution in [0.3, 0.4) is 0 Å². The maximum atomic E-state index is 12.2. The second-order valence-electron chi connectivity index (χ2n) is 5.52. The minimum absolute atomic E-state index is 0.368. The van der Waals surface area contributed by atoms with Crippen LogP contribution in [0.15, 0.2) is 65.4 Å². The molecule has 0 saturated carbocycles. The van der Waals surface area contributed by atoms with Gasteiger partial charge in [-0.25, -0.2) is 4.79 Å². The van der Waals surface area contributed by atoms with Crippen LogP contribution in [0, 0.1) is 0 Å². The maximum Gasteiger partial charge on any atom is 0.331 e.